The summed E-state index contributed by atoms with van der Waals surface area (Å²) in [5, 5.41) is 2.77. The number of amidine groups is 1. The average molecular weight is 440 g/mol. The minimum Gasteiger partial charge on any atom is -0.342 e. The van der Waals surface area contributed by atoms with Gasteiger partial charge in [-0.25, -0.2) is 13.4 Å². The molecule has 2 heterocycles. The standard InChI is InChI=1S/C22H25N5O3S/c28-22(13-12-21-25-18-9-3-4-10-19(18)26-21)24-16-7-6-8-17(15-16)31(29,30)27-20-11-2-1-5-14-23-20/h3-4,6-10,15H,1-2,5,11-14H2,(H,23,27)(H,24,28)(H,25,26). The van der Waals surface area contributed by atoms with Crippen molar-refractivity contribution >= 4 is 38.5 Å². The number of hydrogen-bond acceptors (Lipinski definition) is 5. The van der Waals surface area contributed by atoms with Crippen LogP contribution in [0.25, 0.3) is 11.0 Å². The third-order valence-corrected chi connectivity index (χ3v) is 6.46. The van der Waals surface area contributed by atoms with E-state index in [9.17, 15) is 13.2 Å². The molecule has 0 atom stereocenters. The summed E-state index contributed by atoms with van der Waals surface area (Å²) in [6.45, 7) is 0.638. The highest BCUT2D eigenvalue weighted by Gasteiger charge is 2.18. The van der Waals surface area contributed by atoms with E-state index in [1.54, 1.807) is 12.1 Å². The van der Waals surface area contributed by atoms with E-state index in [-0.39, 0.29) is 17.2 Å². The summed E-state index contributed by atoms with van der Waals surface area (Å²) < 4.78 is 28.0. The second kappa shape index (κ2) is 9.30. The Morgan fingerprint density at radius 1 is 1.06 bits per heavy atom. The van der Waals surface area contributed by atoms with Gasteiger partial charge < -0.3 is 10.3 Å². The number of benzene rings is 2. The Balaban J connectivity index is 1.38. The van der Waals surface area contributed by atoms with Gasteiger partial charge in [0.15, 0.2) is 0 Å². The van der Waals surface area contributed by atoms with E-state index in [0.29, 0.717) is 30.9 Å². The maximum atomic E-state index is 12.7. The molecule has 1 amide bonds. The number of nitrogens with one attached hydrogen (secondary N) is 3. The summed E-state index contributed by atoms with van der Waals surface area (Å²) in [4.78, 5) is 24.5. The molecule has 3 N–H and O–H groups in total. The number of aliphatic imine (C=N–C) groups is 1. The molecule has 1 aromatic heterocycles. The topological polar surface area (TPSA) is 116 Å². The maximum Gasteiger partial charge on any atom is 0.262 e. The molecule has 0 unspecified atom stereocenters. The Labute approximate surface area is 181 Å². The summed E-state index contributed by atoms with van der Waals surface area (Å²) in [5.74, 6) is 1.02. The summed E-state index contributed by atoms with van der Waals surface area (Å²) in [7, 11) is -3.75. The van der Waals surface area contributed by atoms with Crippen LogP contribution in [-0.2, 0) is 21.2 Å². The Hall–Kier alpha value is -3.20. The zero-order valence-electron chi connectivity index (χ0n) is 17.1. The van der Waals surface area contributed by atoms with Gasteiger partial charge in [0.05, 0.1) is 15.9 Å². The number of nitrogens with zero attached hydrogens (tertiary/aromatic N) is 2. The molecule has 2 aromatic carbocycles. The minimum atomic E-state index is -3.75. The van der Waals surface area contributed by atoms with Crippen molar-refractivity contribution in [3.63, 3.8) is 0 Å². The molecule has 4 rings (SSSR count). The third kappa shape index (κ3) is 5.49. The number of imidazole rings is 1. The van der Waals surface area contributed by atoms with E-state index in [0.717, 1.165) is 36.1 Å². The molecule has 0 saturated carbocycles. The van der Waals surface area contributed by atoms with Crippen LogP contribution >= 0.6 is 0 Å². The summed E-state index contributed by atoms with van der Waals surface area (Å²) in [5.41, 5.74) is 2.23. The van der Waals surface area contributed by atoms with E-state index in [1.807, 2.05) is 24.3 Å². The molecule has 0 saturated heterocycles. The lowest BCUT2D eigenvalue weighted by Crippen LogP contribution is -2.30. The monoisotopic (exact) mass is 439 g/mol. The molecule has 1 aliphatic rings. The van der Waals surface area contributed by atoms with Crippen LogP contribution < -0.4 is 10.0 Å². The van der Waals surface area contributed by atoms with Crippen LogP contribution in [0.15, 0.2) is 58.4 Å². The van der Waals surface area contributed by atoms with E-state index >= 15 is 0 Å². The lowest BCUT2D eigenvalue weighted by Gasteiger charge is -2.11. The first-order valence-electron chi connectivity index (χ1n) is 10.4. The molecule has 8 nitrogen and oxygen atoms in total. The first kappa shape index (κ1) is 21.0. The highest BCUT2D eigenvalue weighted by molar-refractivity contribution is 7.90. The Morgan fingerprint density at radius 2 is 1.94 bits per heavy atom. The highest BCUT2D eigenvalue weighted by atomic mass is 32.2. The molecule has 0 aliphatic carbocycles. The van der Waals surface area contributed by atoms with Crippen molar-refractivity contribution in [2.24, 2.45) is 4.99 Å². The number of fused-ring (bicyclic) bond motifs is 1. The van der Waals surface area contributed by atoms with Crippen LogP contribution in [-0.4, -0.2) is 36.7 Å². The van der Waals surface area contributed by atoms with Gasteiger partial charge >= 0.3 is 0 Å². The van der Waals surface area contributed by atoms with Crippen LogP contribution in [0.2, 0.25) is 0 Å². The van der Waals surface area contributed by atoms with Crippen molar-refractivity contribution in [2.75, 3.05) is 11.9 Å². The molecule has 0 spiro atoms. The number of hydrogen-bond donors (Lipinski definition) is 3. The number of aromatic amines is 1. The number of para-hydroxylation sites is 2. The van der Waals surface area contributed by atoms with Crippen LogP contribution in [0.4, 0.5) is 5.69 Å². The summed E-state index contributed by atoms with van der Waals surface area (Å²) in [6.07, 6.45) is 4.25. The number of aromatic nitrogens is 2. The Morgan fingerprint density at radius 3 is 2.81 bits per heavy atom. The zero-order chi connectivity index (χ0) is 21.7. The normalized spacial score (nSPS) is 14.6. The number of H-pyrrole nitrogens is 1. The molecular weight excluding hydrogens is 414 g/mol. The van der Waals surface area contributed by atoms with Gasteiger partial charge in [0.25, 0.3) is 10.0 Å². The first-order chi connectivity index (χ1) is 15.0. The molecular formula is C22H25N5O3S. The fraction of sp³-hybridized carbons (Fsp3) is 0.318. The van der Waals surface area contributed by atoms with Crippen LogP contribution in [0.5, 0.6) is 0 Å². The van der Waals surface area contributed by atoms with Gasteiger partial charge in [0.1, 0.15) is 11.7 Å². The van der Waals surface area contributed by atoms with E-state index in [1.165, 1.54) is 12.1 Å². The highest BCUT2D eigenvalue weighted by Crippen LogP contribution is 2.17. The largest absolute Gasteiger partial charge is 0.342 e. The fourth-order valence-corrected chi connectivity index (χ4v) is 4.63. The maximum absolute atomic E-state index is 12.7. The van der Waals surface area contributed by atoms with Gasteiger partial charge in [-0.05, 0) is 43.2 Å². The van der Waals surface area contributed by atoms with Crippen molar-refractivity contribution in [2.45, 2.75) is 43.4 Å². The Bertz CT molecular complexity index is 1180. The summed E-state index contributed by atoms with van der Waals surface area (Å²) >= 11 is 0. The number of carbonyl (C=O) groups excluding carboxylic acids is 1. The average Bonchev–Trinajstić information content (AvgIpc) is 3.01. The number of amides is 1. The van der Waals surface area contributed by atoms with Crippen molar-refractivity contribution in [3.8, 4) is 0 Å². The second-order valence-corrected chi connectivity index (χ2v) is 9.20. The van der Waals surface area contributed by atoms with Crippen molar-refractivity contribution in [1.29, 1.82) is 0 Å². The molecule has 3 aromatic rings. The van der Waals surface area contributed by atoms with Gasteiger partial charge in [0.2, 0.25) is 5.91 Å². The van der Waals surface area contributed by atoms with Gasteiger partial charge in [-0.2, -0.15) is 0 Å². The van der Waals surface area contributed by atoms with Crippen LogP contribution in [0.3, 0.4) is 0 Å². The van der Waals surface area contributed by atoms with Crippen molar-refractivity contribution < 1.29 is 13.2 Å². The SMILES string of the molecule is O=C(CCc1nc2ccccc2[nH]1)Nc1cccc(S(=O)(=O)NC2=NCCCCC2)c1. The predicted molar refractivity (Wildman–Crippen MR) is 121 cm³/mol. The molecule has 0 fully saturated rings. The zero-order valence-corrected chi connectivity index (χ0v) is 17.9. The second-order valence-electron chi connectivity index (χ2n) is 7.52. The fourth-order valence-electron chi connectivity index (χ4n) is 3.49. The first-order valence-corrected chi connectivity index (χ1v) is 11.9. The third-order valence-electron chi connectivity index (χ3n) is 5.08. The quantitative estimate of drug-likeness (QED) is 0.546. The number of carbonyl (C=O) groups is 1. The predicted octanol–water partition coefficient (Wildman–Crippen LogP) is 3.39. The van der Waals surface area contributed by atoms with Crippen LogP contribution in [0.1, 0.15) is 37.9 Å². The number of rotatable bonds is 6. The van der Waals surface area contributed by atoms with E-state index < -0.39 is 10.0 Å². The lowest BCUT2D eigenvalue weighted by atomic mass is 10.2. The van der Waals surface area contributed by atoms with Gasteiger partial charge in [0, 0.05) is 31.5 Å². The molecule has 0 radical (unpaired) electrons. The molecule has 1 aliphatic heterocycles. The number of sulfonamides is 1. The van der Waals surface area contributed by atoms with E-state index in [4.69, 9.17) is 0 Å². The van der Waals surface area contributed by atoms with Gasteiger partial charge in [-0.1, -0.05) is 24.6 Å². The van der Waals surface area contributed by atoms with E-state index in [2.05, 4.69) is 25.0 Å². The lowest BCUT2D eigenvalue weighted by molar-refractivity contribution is -0.116. The molecule has 0 bridgehead atoms. The summed E-state index contributed by atoms with van der Waals surface area (Å²) in [6, 6.07) is 13.9. The Kier molecular flexibility index (Phi) is 6.31. The molecule has 9 heteroatoms. The molecule has 31 heavy (non-hydrogen) atoms. The molecule has 162 valence electrons. The van der Waals surface area contributed by atoms with Gasteiger partial charge in [-0.15, -0.1) is 0 Å². The van der Waals surface area contributed by atoms with Crippen molar-refractivity contribution in [3.05, 3.63) is 54.4 Å². The number of aryl methyl sites for hydroxylation is 1. The number of anilines is 1. The van der Waals surface area contributed by atoms with Gasteiger partial charge in [-0.3, -0.25) is 14.5 Å². The smallest absolute Gasteiger partial charge is 0.262 e. The van der Waals surface area contributed by atoms with Crippen LogP contribution in [0, 0.1) is 0 Å². The minimum absolute atomic E-state index is 0.0922. The van der Waals surface area contributed by atoms with Crippen molar-refractivity contribution in [1.82, 2.24) is 14.7 Å².